The largest absolute Gasteiger partial charge is 0.455 e. The molecule has 1 aliphatic rings. The van der Waals surface area contributed by atoms with Crippen molar-refractivity contribution >= 4 is 29.4 Å². The van der Waals surface area contributed by atoms with E-state index in [0.717, 1.165) is 11.3 Å². The second kappa shape index (κ2) is 8.06. The van der Waals surface area contributed by atoms with E-state index in [2.05, 4.69) is 15.8 Å². The highest BCUT2D eigenvalue weighted by atomic mass is 35.5. The van der Waals surface area contributed by atoms with Gasteiger partial charge in [0.25, 0.3) is 5.91 Å². The minimum absolute atomic E-state index is 0.0584. The fraction of sp³-hybridized carbons (Fsp3) is 0.100. The number of benzene rings is 2. The Balaban J connectivity index is 1.28. The monoisotopic (exact) mass is 397 g/mol. The predicted octanol–water partition coefficient (Wildman–Crippen LogP) is 3.89. The molecular formula is C20H16ClN3O4. The summed E-state index contributed by atoms with van der Waals surface area (Å²) in [7, 11) is 0. The number of ether oxygens (including phenoxy) is 2. The molecule has 1 amide bonds. The number of nitrogens with zero attached hydrogens (tertiary/aromatic N) is 1. The highest BCUT2D eigenvalue weighted by molar-refractivity contribution is 6.30. The lowest BCUT2D eigenvalue weighted by Crippen LogP contribution is -2.25. The molecule has 2 aromatic carbocycles. The Bertz CT molecular complexity index is 1030. The smallest absolute Gasteiger partial charge is 0.259 e. The Hall–Kier alpha value is -3.45. The van der Waals surface area contributed by atoms with Gasteiger partial charge < -0.3 is 19.2 Å². The third-order valence-corrected chi connectivity index (χ3v) is 4.18. The average Bonchev–Trinajstić information content (AvgIpc) is 3.35. The number of amides is 1. The van der Waals surface area contributed by atoms with Gasteiger partial charge in [-0.1, -0.05) is 23.7 Å². The van der Waals surface area contributed by atoms with Gasteiger partial charge in [0, 0.05) is 22.3 Å². The first-order chi connectivity index (χ1) is 13.7. The van der Waals surface area contributed by atoms with Crippen LogP contribution in [0.3, 0.4) is 0 Å². The SMILES string of the molecule is O=C(CNc1ccc2c(c1)OCO2)N/N=C\c1ccc(-c2cccc(Cl)c2)o1. The number of hydrazone groups is 1. The van der Waals surface area contributed by atoms with Crippen molar-refractivity contribution in [2.24, 2.45) is 5.10 Å². The van der Waals surface area contributed by atoms with Crippen molar-refractivity contribution in [2.45, 2.75) is 0 Å². The third kappa shape index (κ3) is 4.27. The molecule has 0 saturated heterocycles. The maximum atomic E-state index is 11.9. The van der Waals surface area contributed by atoms with Crippen molar-refractivity contribution < 1.29 is 18.7 Å². The van der Waals surface area contributed by atoms with Crippen molar-refractivity contribution in [3.63, 3.8) is 0 Å². The lowest BCUT2D eigenvalue weighted by atomic mass is 10.2. The van der Waals surface area contributed by atoms with Gasteiger partial charge in [0.2, 0.25) is 6.79 Å². The minimum Gasteiger partial charge on any atom is -0.455 e. The molecule has 28 heavy (non-hydrogen) atoms. The van der Waals surface area contributed by atoms with Crippen LogP contribution in [0.2, 0.25) is 5.02 Å². The molecule has 0 saturated carbocycles. The van der Waals surface area contributed by atoms with Gasteiger partial charge in [0.15, 0.2) is 11.5 Å². The lowest BCUT2D eigenvalue weighted by molar-refractivity contribution is -0.119. The molecule has 0 unspecified atom stereocenters. The molecule has 8 heteroatoms. The van der Waals surface area contributed by atoms with E-state index in [4.69, 9.17) is 25.5 Å². The Morgan fingerprint density at radius 2 is 2.00 bits per heavy atom. The summed E-state index contributed by atoms with van der Waals surface area (Å²) >= 11 is 5.99. The molecule has 142 valence electrons. The highest BCUT2D eigenvalue weighted by Gasteiger charge is 2.13. The normalized spacial score (nSPS) is 12.3. The van der Waals surface area contributed by atoms with Crippen molar-refractivity contribution in [1.29, 1.82) is 0 Å². The van der Waals surface area contributed by atoms with E-state index in [1.165, 1.54) is 6.21 Å². The molecule has 7 nitrogen and oxygen atoms in total. The zero-order chi connectivity index (χ0) is 19.3. The maximum Gasteiger partial charge on any atom is 0.259 e. The first-order valence-corrected chi connectivity index (χ1v) is 8.86. The summed E-state index contributed by atoms with van der Waals surface area (Å²) in [6.07, 6.45) is 1.44. The van der Waals surface area contributed by atoms with Crippen LogP contribution in [0.1, 0.15) is 5.76 Å². The second-order valence-corrected chi connectivity index (χ2v) is 6.36. The van der Waals surface area contributed by atoms with Crippen molar-refractivity contribution in [1.82, 2.24) is 5.43 Å². The first kappa shape index (κ1) is 17.9. The van der Waals surface area contributed by atoms with Gasteiger partial charge in [-0.2, -0.15) is 5.10 Å². The minimum atomic E-state index is -0.296. The zero-order valence-corrected chi connectivity index (χ0v) is 15.4. The van der Waals surface area contributed by atoms with E-state index in [9.17, 15) is 4.79 Å². The summed E-state index contributed by atoms with van der Waals surface area (Å²) in [5, 5.41) is 7.53. The number of carbonyl (C=O) groups excluding carboxylic acids is 1. The molecule has 3 aromatic rings. The van der Waals surface area contributed by atoms with Gasteiger partial charge in [-0.05, 0) is 36.4 Å². The number of anilines is 1. The average molecular weight is 398 g/mol. The summed E-state index contributed by atoms with van der Waals surface area (Å²) in [6.45, 7) is 0.267. The quantitative estimate of drug-likeness (QED) is 0.487. The number of furan rings is 1. The van der Waals surface area contributed by atoms with Crippen LogP contribution in [-0.2, 0) is 4.79 Å². The number of rotatable bonds is 6. The zero-order valence-electron chi connectivity index (χ0n) is 14.6. The van der Waals surface area contributed by atoms with E-state index in [0.29, 0.717) is 28.0 Å². The molecule has 4 rings (SSSR count). The molecule has 2 N–H and O–H groups in total. The highest BCUT2D eigenvalue weighted by Crippen LogP contribution is 2.34. The second-order valence-electron chi connectivity index (χ2n) is 5.93. The van der Waals surface area contributed by atoms with E-state index < -0.39 is 0 Å². The lowest BCUT2D eigenvalue weighted by Gasteiger charge is -2.06. The van der Waals surface area contributed by atoms with Gasteiger partial charge in [-0.25, -0.2) is 5.43 Å². The Morgan fingerprint density at radius 1 is 1.11 bits per heavy atom. The Kier molecular flexibility index (Phi) is 5.16. The van der Waals surface area contributed by atoms with Crippen LogP contribution < -0.4 is 20.2 Å². The number of halogens is 1. The van der Waals surface area contributed by atoms with Crippen LogP contribution in [0.25, 0.3) is 11.3 Å². The molecule has 2 heterocycles. The van der Waals surface area contributed by atoms with Gasteiger partial charge in [-0.15, -0.1) is 0 Å². The number of carbonyl (C=O) groups is 1. The molecule has 1 aromatic heterocycles. The van der Waals surface area contributed by atoms with E-state index >= 15 is 0 Å². The van der Waals surface area contributed by atoms with Crippen LogP contribution in [-0.4, -0.2) is 25.5 Å². The van der Waals surface area contributed by atoms with Crippen LogP contribution in [0.5, 0.6) is 11.5 Å². The number of hydrogen-bond donors (Lipinski definition) is 2. The summed E-state index contributed by atoms with van der Waals surface area (Å²) < 4.78 is 16.2. The van der Waals surface area contributed by atoms with Gasteiger partial charge in [-0.3, -0.25) is 4.79 Å². The van der Waals surface area contributed by atoms with Crippen LogP contribution in [0.15, 0.2) is 64.1 Å². The molecule has 0 aliphatic carbocycles. The molecular weight excluding hydrogens is 382 g/mol. The Labute approximate surface area is 165 Å². The van der Waals surface area contributed by atoms with Gasteiger partial charge >= 0.3 is 0 Å². The number of nitrogens with one attached hydrogen (secondary N) is 2. The first-order valence-electron chi connectivity index (χ1n) is 8.48. The van der Waals surface area contributed by atoms with Crippen molar-refractivity contribution in [3.05, 3.63) is 65.4 Å². The molecule has 0 bridgehead atoms. The summed E-state index contributed by atoms with van der Waals surface area (Å²) in [5.41, 5.74) is 4.06. The standard InChI is InChI=1S/C20H16ClN3O4/c21-14-3-1-2-13(8-14)17-7-5-16(28-17)10-23-24-20(25)11-22-15-4-6-18-19(9-15)27-12-26-18/h1-10,22H,11-12H2,(H,24,25)/b23-10-. The fourth-order valence-electron chi connectivity index (χ4n) is 2.62. The number of hydrogen-bond acceptors (Lipinski definition) is 6. The molecule has 0 spiro atoms. The summed E-state index contributed by atoms with van der Waals surface area (Å²) in [4.78, 5) is 11.9. The molecule has 0 atom stereocenters. The van der Waals surface area contributed by atoms with E-state index in [-0.39, 0.29) is 19.2 Å². The van der Waals surface area contributed by atoms with Gasteiger partial charge in [0.1, 0.15) is 11.5 Å². The number of fused-ring (bicyclic) bond motifs is 1. The van der Waals surface area contributed by atoms with Crippen LogP contribution >= 0.6 is 11.6 Å². The fourth-order valence-corrected chi connectivity index (χ4v) is 2.81. The van der Waals surface area contributed by atoms with Crippen LogP contribution in [0.4, 0.5) is 5.69 Å². The predicted molar refractivity (Wildman–Crippen MR) is 106 cm³/mol. The van der Waals surface area contributed by atoms with Crippen LogP contribution in [0, 0.1) is 0 Å². The van der Waals surface area contributed by atoms with Crippen molar-refractivity contribution in [3.8, 4) is 22.8 Å². The maximum absolute atomic E-state index is 11.9. The molecule has 0 radical (unpaired) electrons. The van der Waals surface area contributed by atoms with E-state index in [1.807, 2.05) is 30.3 Å². The topological polar surface area (TPSA) is 85.1 Å². The van der Waals surface area contributed by atoms with Gasteiger partial charge in [0.05, 0.1) is 12.8 Å². The van der Waals surface area contributed by atoms with Crippen molar-refractivity contribution in [2.75, 3.05) is 18.7 Å². The summed E-state index contributed by atoms with van der Waals surface area (Å²) in [6, 6.07) is 16.3. The Morgan fingerprint density at radius 3 is 2.89 bits per heavy atom. The third-order valence-electron chi connectivity index (χ3n) is 3.94. The molecule has 0 fully saturated rings. The molecule has 1 aliphatic heterocycles. The summed E-state index contributed by atoms with van der Waals surface area (Å²) in [5.74, 6) is 2.22. The van der Waals surface area contributed by atoms with E-state index in [1.54, 1.807) is 24.3 Å².